The Morgan fingerprint density at radius 1 is 1.26 bits per heavy atom. The van der Waals surface area contributed by atoms with Crippen LogP contribution in [-0.4, -0.2) is 36.9 Å². The monoisotopic (exact) mass is 301 g/mol. The summed E-state index contributed by atoms with van der Waals surface area (Å²) < 4.78 is 25.6. The minimum atomic E-state index is -3.14. The van der Waals surface area contributed by atoms with Crippen molar-refractivity contribution in [2.75, 3.05) is 13.1 Å². The number of carbonyl (C=O) groups excluding carboxylic acids is 2. The quantitative estimate of drug-likeness (QED) is 0.698. The number of halogens is 3. The van der Waals surface area contributed by atoms with Crippen LogP contribution >= 0.6 is 12.4 Å². The maximum absolute atomic E-state index is 12.8. The Morgan fingerprint density at radius 3 is 2.11 bits per heavy atom. The third kappa shape index (κ3) is 7.94. The fraction of sp³-hybridized carbons (Fsp3) is 0.818. The van der Waals surface area contributed by atoms with Crippen LogP contribution in [0.1, 0.15) is 27.7 Å². The summed E-state index contributed by atoms with van der Waals surface area (Å²) in [4.78, 5) is 23.0. The standard InChI is InChI=1S/C11H21F2N3O2.ClH/c1-7(16-9(18)10(2,3)4)8(17)15-6-11(12,13)5-14;/h7H,5-6,14H2,1-4H3,(H,15,17)(H,16,18);1H. The fourth-order valence-electron chi connectivity index (χ4n) is 0.920. The zero-order valence-corrected chi connectivity index (χ0v) is 12.4. The van der Waals surface area contributed by atoms with E-state index >= 15 is 0 Å². The van der Waals surface area contributed by atoms with Gasteiger partial charge in [0.25, 0.3) is 5.92 Å². The lowest BCUT2D eigenvalue weighted by Crippen LogP contribution is -2.51. The van der Waals surface area contributed by atoms with Crippen molar-refractivity contribution in [2.45, 2.75) is 39.7 Å². The molecule has 0 aromatic carbocycles. The second kappa shape index (κ2) is 7.59. The lowest BCUT2D eigenvalue weighted by atomic mass is 9.95. The highest BCUT2D eigenvalue weighted by atomic mass is 35.5. The Labute approximate surface area is 118 Å². The van der Waals surface area contributed by atoms with E-state index in [9.17, 15) is 18.4 Å². The maximum Gasteiger partial charge on any atom is 0.277 e. The Balaban J connectivity index is 0. The third-order valence-corrected chi connectivity index (χ3v) is 2.24. The number of carbonyl (C=O) groups is 2. The van der Waals surface area contributed by atoms with Crippen molar-refractivity contribution in [3.63, 3.8) is 0 Å². The Hall–Kier alpha value is -0.950. The molecule has 0 heterocycles. The molecule has 5 nitrogen and oxygen atoms in total. The van der Waals surface area contributed by atoms with Gasteiger partial charge in [-0.15, -0.1) is 12.4 Å². The fourth-order valence-corrected chi connectivity index (χ4v) is 0.920. The van der Waals surface area contributed by atoms with Gasteiger partial charge in [0, 0.05) is 5.41 Å². The van der Waals surface area contributed by atoms with E-state index in [-0.39, 0.29) is 18.3 Å². The van der Waals surface area contributed by atoms with Gasteiger partial charge in [0.1, 0.15) is 6.04 Å². The third-order valence-electron chi connectivity index (χ3n) is 2.24. The van der Waals surface area contributed by atoms with Crippen LogP contribution in [0.3, 0.4) is 0 Å². The Morgan fingerprint density at radius 2 is 1.74 bits per heavy atom. The lowest BCUT2D eigenvalue weighted by molar-refractivity contribution is -0.133. The van der Waals surface area contributed by atoms with Crippen molar-refractivity contribution in [3.05, 3.63) is 0 Å². The van der Waals surface area contributed by atoms with Crippen molar-refractivity contribution in [2.24, 2.45) is 11.1 Å². The summed E-state index contributed by atoms with van der Waals surface area (Å²) in [6, 6.07) is -0.870. The molecular formula is C11H22ClF2N3O2. The minimum Gasteiger partial charge on any atom is -0.348 e. The van der Waals surface area contributed by atoms with Gasteiger partial charge in [0.2, 0.25) is 11.8 Å². The number of hydrogen-bond donors (Lipinski definition) is 3. The molecule has 1 unspecified atom stereocenters. The van der Waals surface area contributed by atoms with Crippen LogP contribution in [0.25, 0.3) is 0 Å². The molecule has 0 radical (unpaired) electrons. The topological polar surface area (TPSA) is 84.2 Å². The molecule has 2 amide bonds. The first-order valence-corrected chi connectivity index (χ1v) is 5.66. The van der Waals surface area contributed by atoms with Crippen molar-refractivity contribution in [1.29, 1.82) is 0 Å². The first-order chi connectivity index (χ1) is 7.99. The highest BCUT2D eigenvalue weighted by Gasteiger charge is 2.29. The number of hydrogen-bond acceptors (Lipinski definition) is 3. The average Bonchev–Trinajstić information content (AvgIpc) is 2.24. The van der Waals surface area contributed by atoms with Gasteiger partial charge < -0.3 is 16.4 Å². The van der Waals surface area contributed by atoms with E-state index in [2.05, 4.69) is 5.32 Å². The van der Waals surface area contributed by atoms with Crippen LogP contribution in [0.15, 0.2) is 0 Å². The highest BCUT2D eigenvalue weighted by molar-refractivity contribution is 5.89. The number of amides is 2. The Bertz CT molecular complexity index is 320. The summed E-state index contributed by atoms with van der Waals surface area (Å²) in [5, 5.41) is 4.49. The molecule has 0 fully saturated rings. The lowest BCUT2D eigenvalue weighted by Gasteiger charge is -2.22. The van der Waals surface area contributed by atoms with Gasteiger partial charge >= 0.3 is 0 Å². The van der Waals surface area contributed by atoms with Crippen LogP contribution < -0.4 is 16.4 Å². The van der Waals surface area contributed by atoms with Crippen LogP contribution in [0.2, 0.25) is 0 Å². The predicted molar refractivity (Wildman–Crippen MR) is 71.3 cm³/mol. The SMILES string of the molecule is CC(NC(=O)C(C)(C)C)C(=O)NCC(F)(F)CN.Cl. The van der Waals surface area contributed by atoms with E-state index in [0.29, 0.717) is 0 Å². The summed E-state index contributed by atoms with van der Waals surface area (Å²) in [6.45, 7) is 4.83. The molecule has 0 rings (SSSR count). The molecule has 0 spiro atoms. The van der Waals surface area contributed by atoms with E-state index in [1.165, 1.54) is 6.92 Å². The van der Waals surface area contributed by atoms with Crippen LogP contribution in [0.4, 0.5) is 8.78 Å². The molecule has 0 bridgehead atoms. The molecule has 1 atom stereocenters. The van der Waals surface area contributed by atoms with E-state index in [1.54, 1.807) is 20.8 Å². The van der Waals surface area contributed by atoms with Crippen molar-refractivity contribution >= 4 is 24.2 Å². The minimum absolute atomic E-state index is 0. The first kappa shape index (κ1) is 20.4. The summed E-state index contributed by atoms with van der Waals surface area (Å²) in [6.07, 6.45) is 0. The molecule has 19 heavy (non-hydrogen) atoms. The molecule has 114 valence electrons. The Kier molecular flexibility index (Phi) is 8.14. The average molecular weight is 302 g/mol. The van der Waals surface area contributed by atoms with Crippen molar-refractivity contribution in [1.82, 2.24) is 10.6 Å². The summed E-state index contributed by atoms with van der Waals surface area (Å²) in [5.74, 6) is -4.12. The molecule has 4 N–H and O–H groups in total. The second-order valence-corrected chi connectivity index (χ2v) is 5.22. The molecule has 0 saturated carbocycles. The number of nitrogens with one attached hydrogen (secondary N) is 2. The molecule has 0 aliphatic rings. The van der Waals surface area contributed by atoms with E-state index in [4.69, 9.17) is 5.73 Å². The van der Waals surface area contributed by atoms with E-state index < -0.39 is 36.4 Å². The number of nitrogens with two attached hydrogens (primary N) is 1. The zero-order valence-electron chi connectivity index (χ0n) is 11.5. The first-order valence-electron chi connectivity index (χ1n) is 5.66. The number of rotatable bonds is 5. The molecule has 8 heteroatoms. The highest BCUT2D eigenvalue weighted by Crippen LogP contribution is 2.13. The van der Waals surface area contributed by atoms with Crippen molar-refractivity contribution in [3.8, 4) is 0 Å². The summed E-state index contributed by atoms with van der Waals surface area (Å²) in [7, 11) is 0. The van der Waals surface area contributed by atoms with Crippen molar-refractivity contribution < 1.29 is 18.4 Å². The van der Waals surface area contributed by atoms with Gasteiger partial charge in [0.05, 0.1) is 13.1 Å². The van der Waals surface area contributed by atoms with Crippen LogP contribution in [0.5, 0.6) is 0 Å². The van der Waals surface area contributed by atoms with Gasteiger partial charge in [-0.1, -0.05) is 20.8 Å². The molecule has 0 aliphatic heterocycles. The van der Waals surface area contributed by atoms with E-state index in [1.807, 2.05) is 5.32 Å². The van der Waals surface area contributed by atoms with Gasteiger partial charge in [-0.2, -0.15) is 0 Å². The molecule has 0 aromatic rings. The van der Waals surface area contributed by atoms with E-state index in [0.717, 1.165) is 0 Å². The summed E-state index contributed by atoms with van der Waals surface area (Å²) in [5.41, 5.74) is 4.19. The van der Waals surface area contributed by atoms with Gasteiger partial charge in [0.15, 0.2) is 0 Å². The maximum atomic E-state index is 12.8. The van der Waals surface area contributed by atoms with Crippen LogP contribution in [0, 0.1) is 5.41 Å². The molecule has 0 aromatic heterocycles. The summed E-state index contributed by atoms with van der Waals surface area (Å²) >= 11 is 0. The van der Waals surface area contributed by atoms with Gasteiger partial charge in [-0.25, -0.2) is 8.78 Å². The van der Waals surface area contributed by atoms with Gasteiger partial charge in [-0.05, 0) is 6.92 Å². The van der Waals surface area contributed by atoms with Crippen LogP contribution in [-0.2, 0) is 9.59 Å². The molecule has 0 aliphatic carbocycles. The zero-order chi connectivity index (χ0) is 14.6. The largest absolute Gasteiger partial charge is 0.348 e. The molecule has 0 saturated heterocycles. The van der Waals surface area contributed by atoms with Gasteiger partial charge in [-0.3, -0.25) is 9.59 Å². The smallest absolute Gasteiger partial charge is 0.277 e. The molecular weight excluding hydrogens is 280 g/mol. The normalized spacial score (nSPS) is 13.2. The number of alkyl halides is 2. The predicted octanol–water partition coefficient (Wildman–Crippen LogP) is 0.669. The second-order valence-electron chi connectivity index (χ2n) is 5.22.